The molecule has 1 heterocycles. The molecule has 0 bridgehead atoms. The van der Waals surface area contributed by atoms with Crippen molar-refractivity contribution < 1.29 is 17.9 Å². The van der Waals surface area contributed by atoms with Gasteiger partial charge in [0.2, 0.25) is 0 Å². The van der Waals surface area contributed by atoms with Crippen molar-refractivity contribution in [3.8, 4) is 0 Å². The number of carbonyl (C=O) groups is 1. The molecule has 1 aromatic heterocycles. The minimum absolute atomic E-state index is 0.0161. The van der Waals surface area contributed by atoms with Crippen LogP contribution in [0.2, 0.25) is 0 Å². The number of para-hydroxylation sites is 1. The molecule has 0 aliphatic heterocycles. The molecular formula is C13H16N2O4S. The Balaban J connectivity index is 2.55. The number of ether oxygens (including phenoxy) is 1. The molecule has 0 atom stereocenters. The Morgan fingerprint density at radius 1 is 1.40 bits per heavy atom. The Hall–Kier alpha value is -1.89. The minimum Gasteiger partial charge on any atom is -0.466 e. The van der Waals surface area contributed by atoms with Gasteiger partial charge in [-0.25, -0.2) is 13.4 Å². The van der Waals surface area contributed by atoms with Gasteiger partial charge in [-0.1, -0.05) is 6.07 Å². The molecule has 108 valence electrons. The van der Waals surface area contributed by atoms with Gasteiger partial charge in [0.1, 0.15) is 17.8 Å². The van der Waals surface area contributed by atoms with E-state index in [1.54, 1.807) is 30.7 Å². The highest BCUT2D eigenvalue weighted by Crippen LogP contribution is 2.23. The van der Waals surface area contributed by atoms with Crippen LogP contribution in [-0.2, 0) is 32.8 Å². The number of aromatic nitrogens is 2. The van der Waals surface area contributed by atoms with E-state index in [1.807, 2.05) is 0 Å². The molecule has 0 aliphatic rings. The van der Waals surface area contributed by atoms with Gasteiger partial charge in [0, 0.05) is 13.3 Å². The SMILES string of the molecule is CCOC(=O)Cc1nc2c(S(C)(=O)=O)cccc2n1C. The molecule has 20 heavy (non-hydrogen) atoms. The predicted molar refractivity (Wildman–Crippen MR) is 74.2 cm³/mol. The number of esters is 1. The van der Waals surface area contributed by atoms with E-state index in [1.165, 1.54) is 6.07 Å². The maximum atomic E-state index is 11.8. The lowest BCUT2D eigenvalue weighted by atomic mass is 10.3. The van der Waals surface area contributed by atoms with Crippen molar-refractivity contribution in [1.29, 1.82) is 0 Å². The van der Waals surface area contributed by atoms with E-state index in [9.17, 15) is 13.2 Å². The smallest absolute Gasteiger partial charge is 0.313 e. The first-order valence-corrected chi connectivity index (χ1v) is 8.03. The largest absolute Gasteiger partial charge is 0.466 e. The zero-order valence-corrected chi connectivity index (χ0v) is 12.4. The van der Waals surface area contributed by atoms with Gasteiger partial charge < -0.3 is 9.30 Å². The van der Waals surface area contributed by atoms with Crippen molar-refractivity contribution in [2.75, 3.05) is 12.9 Å². The van der Waals surface area contributed by atoms with Crippen molar-refractivity contribution in [3.05, 3.63) is 24.0 Å². The fourth-order valence-corrected chi connectivity index (χ4v) is 2.86. The summed E-state index contributed by atoms with van der Waals surface area (Å²) in [7, 11) is -1.62. The van der Waals surface area contributed by atoms with Crippen LogP contribution in [0, 0.1) is 0 Å². The highest BCUT2D eigenvalue weighted by molar-refractivity contribution is 7.91. The highest BCUT2D eigenvalue weighted by atomic mass is 32.2. The first-order valence-electron chi connectivity index (χ1n) is 6.14. The third-order valence-corrected chi connectivity index (χ3v) is 4.10. The monoisotopic (exact) mass is 296 g/mol. The van der Waals surface area contributed by atoms with Gasteiger partial charge in [0.05, 0.1) is 17.0 Å². The molecule has 0 spiro atoms. The zero-order valence-electron chi connectivity index (χ0n) is 11.6. The fourth-order valence-electron chi connectivity index (χ4n) is 2.04. The van der Waals surface area contributed by atoms with Gasteiger partial charge in [-0.2, -0.15) is 0 Å². The maximum absolute atomic E-state index is 11.8. The van der Waals surface area contributed by atoms with E-state index in [2.05, 4.69) is 4.98 Å². The Kier molecular flexibility index (Phi) is 3.80. The van der Waals surface area contributed by atoms with Crippen LogP contribution in [0.4, 0.5) is 0 Å². The molecule has 7 heteroatoms. The molecule has 0 radical (unpaired) electrons. The van der Waals surface area contributed by atoms with Gasteiger partial charge in [-0.05, 0) is 19.1 Å². The number of hydrogen-bond acceptors (Lipinski definition) is 5. The van der Waals surface area contributed by atoms with E-state index < -0.39 is 9.84 Å². The molecule has 0 aliphatic carbocycles. The molecule has 1 aromatic carbocycles. The molecular weight excluding hydrogens is 280 g/mol. The van der Waals surface area contributed by atoms with Crippen LogP contribution in [0.5, 0.6) is 0 Å². The Morgan fingerprint density at radius 3 is 2.70 bits per heavy atom. The van der Waals surface area contributed by atoms with Gasteiger partial charge in [-0.3, -0.25) is 4.79 Å². The van der Waals surface area contributed by atoms with E-state index in [0.29, 0.717) is 23.5 Å². The number of sulfone groups is 1. The molecule has 0 saturated heterocycles. The van der Waals surface area contributed by atoms with Crippen LogP contribution in [-0.4, -0.2) is 36.8 Å². The second kappa shape index (κ2) is 5.24. The van der Waals surface area contributed by atoms with Crippen LogP contribution in [0.25, 0.3) is 11.0 Å². The second-order valence-corrected chi connectivity index (χ2v) is 6.45. The predicted octanol–water partition coefficient (Wildman–Crippen LogP) is 1.08. The van der Waals surface area contributed by atoms with E-state index in [4.69, 9.17) is 4.74 Å². The first kappa shape index (κ1) is 14.5. The Bertz CT molecular complexity index is 762. The average molecular weight is 296 g/mol. The molecule has 0 amide bonds. The van der Waals surface area contributed by atoms with E-state index >= 15 is 0 Å². The van der Waals surface area contributed by atoms with Crippen molar-refractivity contribution in [3.63, 3.8) is 0 Å². The van der Waals surface area contributed by atoms with Crippen LogP contribution < -0.4 is 0 Å². The van der Waals surface area contributed by atoms with Crippen molar-refractivity contribution in [2.45, 2.75) is 18.2 Å². The lowest BCUT2D eigenvalue weighted by molar-refractivity contribution is -0.142. The Morgan fingerprint density at radius 2 is 2.10 bits per heavy atom. The standard InChI is InChI=1S/C13H16N2O4S/c1-4-19-12(16)8-11-14-13-9(15(11)2)6-5-7-10(13)20(3,17)18/h5-7H,4,8H2,1-3H3. The van der Waals surface area contributed by atoms with Crippen molar-refractivity contribution >= 4 is 26.8 Å². The van der Waals surface area contributed by atoms with Crippen LogP contribution in [0.15, 0.2) is 23.1 Å². The molecule has 0 saturated carbocycles. The third kappa shape index (κ3) is 2.67. The van der Waals surface area contributed by atoms with E-state index in [-0.39, 0.29) is 17.3 Å². The number of rotatable bonds is 4. The topological polar surface area (TPSA) is 78.3 Å². The van der Waals surface area contributed by atoms with Crippen molar-refractivity contribution in [1.82, 2.24) is 9.55 Å². The van der Waals surface area contributed by atoms with Gasteiger partial charge in [0.25, 0.3) is 0 Å². The quantitative estimate of drug-likeness (QED) is 0.789. The summed E-state index contributed by atoms with van der Waals surface area (Å²) in [4.78, 5) is 16.0. The summed E-state index contributed by atoms with van der Waals surface area (Å²) in [6.45, 7) is 2.03. The number of aryl methyl sites for hydroxylation is 1. The minimum atomic E-state index is -3.36. The van der Waals surface area contributed by atoms with Gasteiger partial charge in [-0.15, -0.1) is 0 Å². The third-order valence-electron chi connectivity index (χ3n) is 2.97. The summed E-state index contributed by atoms with van der Waals surface area (Å²) >= 11 is 0. The lowest BCUT2D eigenvalue weighted by Gasteiger charge is -2.02. The van der Waals surface area contributed by atoms with E-state index in [0.717, 1.165) is 6.26 Å². The first-order chi connectivity index (χ1) is 9.34. The molecule has 0 unspecified atom stereocenters. The van der Waals surface area contributed by atoms with Crippen molar-refractivity contribution in [2.24, 2.45) is 7.05 Å². The molecule has 0 N–H and O–H groups in total. The zero-order chi connectivity index (χ0) is 14.9. The summed E-state index contributed by atoms with van der Waals surface area (Å²) in [5.74, 6) is 0.0985. The Labute approximate surface area is 117 Å². The lowest BCUT2D eigenvalue weighted by Crippen LogP contribution is -2.11. The fraction of sp³-hybridized carbons (Fsp3) is 0.385. The molecule has 0 fully saturated rings. The van der Waals surface area contributed by atoms with Gasteiger partial charge >= 0.3 is 5.97 Å². The molecule has 6 nitrogen and oxygen atoms in total. The highest BCUT2D eigenvalue weighted by Gasteiger charge is 2.18. The van der Waals surface area contributed by atoms with Crippen LogP contribution in [0.3, 0.4) is 0 Å². The molecule has 2 aromatic rings. The van der Waals surface area contributed by atoms with Gasteiger partial charge in [0.15, 0.2) is 9.84 Å². The summed E-state index contributed by atoms with van der Waals surface area (Å²) in [6.07, 6.45) is 1.16. The number of benzene rings is 1. The normalized spacial score (nSPS) is 11.8. The number of imidazole rings is 1. The summed E-state index contributed by atoms with van der Waals surface area (Å²) < 4.78 is 30.1. The summed E-state index contributed by atoms with van der Waals surface area (Å²) in [5, 5.41) is 0. The van der Waals surface area contributed by atoms with Crippen LogP contribution >= 0.6 is 0 Å². The average Bonchev–Trinajstić information content (AvgIpc) is 2.65. The summed E-state index contributed by atoms with van der Waals surface area (Å²) in [5.41, 5.74) is 1.06. The summed E-state index contributed by atoms with van der Waals surface area (Å²) in [6, 6.07) is 4.94. The second-order valence-electron chi connectivity index (χ2n) is 4.46. The number of hydrogen-bond donors (Lipinski definition) is 0. The number of nitrogens with zero attached hydrogens (tertiary/aromatic N) is 2. The number of fused-ring (bicyclic) bond motifs is 1. The number of carbonyl (C=O) groups excluding carboxylic acids is 1. The maximum Gasteiger partial charge on any atom is 0.313 e. The van der Waals surface area contributed by atoms with Crippen LogP contribution in [0.1, 0.15) is 12.7 Å². The molecule has 2 rings (SSSR count).